The summed E-state index contributed by atoms with van der Waals surface area (Å²) >= 11 is 0. The first-order valence-corrected chi connectivity index (χ1v) is 8.63. The first kappa shape index (κ1) is 18.4. The van der Waals surface area contributed by atoms with Crippen LogP contribution in [0.25, 0.3) is 0 Å². The lowest BCUT2D eigenvalue weighted by molar-refractivity contribution is -0.122. The van der Waals surface area contributed by atoms with Gasteiger partial charge in [-0.25, -0.2) is 4.79 Å². The summed E-state index contributed by atoms with van der Waals surface area (Å²) in [4.78, 5) is 36.6. The smallest absolute Gasteiger partial charge is 0.339 e. The molecule has 0 saturated carbocycles. The van der Waals surface area contributed by atoms with Crippen molar-refractivity contribution >= 4 is 11.9 Å². The van der Waals surface area contributed by atoms with Gasteiger partial charge in [0.1, 0.15) is 18.2 Å². The number of aryl methyl sites for hydroxylation is 1. The highest BCUT2D eigenvalue weighted by Crippen LogP contribution is 2.29. The van der Waals surface area contributed by atoms with Crippen molar-refractivity contribution in [3.05, 3.63) is 69.1 Å². The third kappa shape index (κ3) is 3.90. The molecule has 7 nitrogen and oxygen atoms in total. The maximum Gasteiger partial charge on any atom is 0.339 e. The molecular weight excluding hydrogens is 346 g/mol. The molecule has 1 atom stereocenters. The van der Waals surface area contributed by atoms with E-state index in [0.29, 0.717) is 0 Å². The van der Waals surface area contributed by atoms with E-state index in [0.717, 1.165) is 29.4 Å². The summed E-state index contributed by atoms with van der Waals surface area (Å²) in [7, 11) is 1.21. The Hall–Kier alpha value is -3.40. The molecule has 0 spiro atoms. The molecule has 2 aromatic rings. The third-order valence-corrected chi connectivity index (χ3v) is 4.65. The SMILES string of the molecule is COC(=O)c1cc(C#N)c(=O)n(CC(=O)NC2CCCc3ccccc32)c1. The van der Waals surface area contributed by atoms with Crippen LogP contribution >= 0.6 is 0 Å². The van der Waals surface area contributed by atoms with E-state index in [9.17, 15) is 14.4 Å². The summed E-state index contributed by atoms with van der Waals surface area (Å²) in [6.45, 7) is -0.281. The number of rotatable bonds is 4. The van der Waals surface area contributed by atoms with Crippen LogP contribution in [0.5, 0.6) is 0 Å². The lowest BCUT2D eigenvalue weighted by atomic mass is 9.88. The quantitative estimate of drug-likeness (QED) is 0.831. The van der Waals surface area contributed by atoms with Crippen LogP contribution in [0.1, 0.15) is 45.9 Å². The fraction of sp³-hybridized carbons (Fsp3) is 0.300. The molecule has 138 valence electrons. The number of pyridine rings is 1. The van der Waals surface area contributed by atoms with Crippen LogP contribution in [-0.4, -0.2) is 23.6 Å². The number of nitrogens with zero attached hydrogens (tertiary/aromatic N) is 2. The average molecular weight is 365 g/mol. The van der Waals surface area contributed by atoms with Gasteiger partial charge in [-0.1, -0.05) is 24.3 Å². The van der Waals surface area contributed by atoms with E-state index in [1.165, 1.54) is 24.9 Å². The number of aromatic nitrogens is 1. The Bertz CT molecular complexity index is 987. The zero-order valence-corrected chi connectivity index (χ0v) is 14.9. The van der Waals surface area contributed by atoms with E-state index in [2.05, 4.69) is 16.1 Å². The Morgan fingerprint density at radius 1 is 1.37 bits per heavy atom. The highest BCUT2D eigenvalue weighted by atomic mass is 16.5. The molecule has 1 aromatic carbocycles. The van der Waals surface area contributed by atoms with Gasteiger partial charge in [0.15, 0.2) is 0 Å². The Kier molecular flexibility index (Phi) is 5.36. The standard InChI is InChI=1S/C20H19N3O4/c1-27-20(26)15-9-14(10-21)19(25)23(11-15)12-18(24)22-17-8-4-6-13-5-2-3-7-16(13)17/h2-3,5,7,9,11,17H,4,6,8,12H2,1H3,(H,22,24). The summed E-state index contributed by atoms with van der Waals surface area (Å²) in [6, 6.07) is 10.8. The summed E-state index contributed by atoms with van der Waals surface area (Å²) < 4.78 is 5.70. The van der Waals surface area contributed by atoms with Crippen LogP contribution in [0.2, 0.25) is 0 Å². The minimum atomic E-state index is -0.679. The number of carbonyl (C=O) groups is 2. The lowest BCUT2D eigenvalue weighted by Crippen LogP contribution is -2.36. The number of carbonyl (C=O) groups excluding carboxylic acids is 2. The van der Waals surface area contributed by atoms with Crippen molar-refractivity contribution in [1.29, 1.82) is 5.26 Å². The van der Waals surface area contributed by atoms with Crippen LogP contribution in [0.3, 0.4) is 0 Å². The van der Waals surface area contributed by atoms with E-state index >= 15 is 0 Å². The Labute approximate surface area is 156 Å². The minimum absolute atomic E-state index is 0.0458. The maximum absolute atomic E-state index is 12.5. The molecule has 0 saturated heterocycles. The fourth-order valence-electron chi connectivity index (χ4n) is 3.36. The van der Waals surface area contributed by atoms with Gasteiger partial charge >= 0.3 is 5.97 Å². The summed E-state index contributed by atoms with van der Waals surface area (Å²) in [6.07, 6.45) is 4.01. The zero-order chi connectivity index (χ0) is 19.4. The number of hydrogen-bond donors (Lipinski definition) is 1. The van der Waals surface area contributed by atoms with Crippen LogP contribution in [-0.2, 0) is 22.5 Å². The summed E-state index contributed by atoms with van der Waals surface area (Å²) in [5.74, 6) is -1.04. The van der Waals surface area contributed by atoms with Gasteiger partial charge in [0.05, 0.1) is 18.7 Å². The molecule has 0 aliphatic heterocycles. The second-order valence-corrected chi connectivity index (χ2v) is 6.39. The van der Waals surface area contributed by atoms with E-state index < -0.39 is 11.5 Å². The number of ether oxygens (including phenoxy) is 1. The van der Waals surface area contributed by atoms with Gasteiger partial charge in [0.25, 0.3) is 5.56 Å². The molecular formula is C20H19N3O4. The highest BCUT2D eigenvalue weighted by molar-refractivity contribution is 5.89. The van der Waals surface area contributed by atoms with Gasteiger partial charge in [-0.15, -0.1) is 0 Å². The molecule has 1 aromatic heterocycles. The number of methoxy groups -OCH3 is 1. The number of esters is 1. The number of benzene rings is 1. The molecule has 27 heavy (non-hydrogen) atoms. The minimum Gasteiger partial charge on any atom is -0.465 e. The van der Waals surface area contributed by atoms with Crippen molar-refractivity contribution in [3.63, 3.8) is 0 Å². The van der Waals surface area contributed by atoms with Crippen molar-refractivity contribution in [2.24, 2.45) is 0 Å². The van der Waals surface area contributed by atoms with Gasteiger partial charge in [0.2, 0.25) is 5.91 Å². The number of fused-ring (bicyclic) bond motifs is 1. The molecule has 1 aliphatic rings. The molecule has 1 amide bonds. The van der Waals surface area contributed by atoms with Crippen LogP contribution in [0, 0.1) is 11.3 Å². The molecule has 1 heterocycles. The Morgan fingerprint density at radius 3 is 2.89 bits per heavy atom. The number of nitriles is 1. The predicted molar refractivity (Wildman–Crippen MR) is 97.0 cm³/mol. The molecule has 7 heteroatoms. The number of amides is 1. The van der Waals surface area contributed by atoms with Crippen LogP contribution < -0.4 is 10.9 Å². The van der Waals surface area contributed by atoms with Crippen molar-refractivity contribution < 1.29 is 14.3 Å². The van der Waals surface area contributed by atoms with Crippen molar-refractivity contribution in [1.82, 2.24) is 9.88 Å². The highest BCUT2D eigenvalue weighted by Gasteiger charge is 2.22. The molecule has 0 radical (unpaired) electrons. The summed E-state index contributed by atoms with van der Waals surface area (Å²) in [5, 5.41) is 12.1. The number of nitrogens with one attached hydrogen (secondary N) is 1. The van der Waals surface area contributed by atoms with Crippen LogP contribution in [0.4, 0.5) is 0 Å². The molecule has 0 fully saturated rings. The Balaban J connectivity index is 1.82. The first-order chi connectivity index (χ1) is 13.0. The lowest BCUT2D eigenvalue weighted by Gasteiger charge is -2.26. The second-order valence-electron chi connectivity index (χ2n) is 6.39. The van der Waals surface area contributed by atoms with E-state index in [1.807, 2.05) is 18.2 Å². The van der Waals surface area contributed by atoms with Crippen molar-refractivity contribution in [3.8, 4) is 6.07 Å². The van der Waals surface area contributed by atoms with Gasteiger partial charge in [-0.2, -0.15) is 5.26 Å². The zero-order valence-electron chi connectivity index (χ0n) is 14.9. The van der Waals surface area contributed by atoms with Crippen molar-refractivity contribution in [2.45, 2.75) is 31.8 Å². The largest absolute Gasteiger partial charge is 0.465 e. The van der Waals surface area contributed by atoms with Gasteiger partial charge in [-0.05, 0) is 36.5 Å². The van der Waals surface area contributed by atoms with Crippen molar-refractivity contribution in [2.75, 3.05) is 7.11 Å². The van der Waals surface area contributed by atoms with E-state index in [1.54, 1.807) is 6.07 Å². The fourth-order valence-corrected chi connectivity index (χ4v) is 3.36. The predicted octanol–water partition coefficient (Wildman–Crippen LogP) is 1.70. The van der Waals surface area contributed by atoms with Gasteiger partial charge < -0.3 is 14.6 Å². The van der Waals surface area contributed by atoms with E-state index in [-0.39, 0.29) is 29.6 Å². The monoisotopic (exact) mass is 365 g/mol. The first-order valence-electron chi connectivity index (χ1n) is 8.63. The summed E-state index contributed by atoms with van der Waals surface area (Å²) in [5.41, 5.74) is 1.51. The van der Waals surface area contributed by atoms with E-state index in [4.69, 9.17) is 5.26 Å². The normalized spacial score (nSPS) is 15.3. The maximum atomic E-state index is 12.5. The molecule has 3 rings (SSSR count). The van der Waals surface area contributed by atoms with Crippen LogP contribution in [0.15, 0.2) is 41.3 Å². The number of hydrogen-bond acceptors (Lipinski definition) is 5. The average Bonchev–Trinajstić information content (AvgIpc) is 2.69. The second kappa shape index (κ2) is 7.87. The third-order valence-electron chi connectivity index (χ3n) is 4.65. The molecule has 1 unspecified atom stereocenters. The molecule has 1 aliphatic carbocycles. The Morgan fingerprint density at radius 2 is 2.15 bits per heavy atom. The molecule has 1 N–H and O–H groups in total. The topological polar surface area (TPSA) is 101 Å². The van der Waals surface area contributed by atoms with Gasteiger partial charge in [0, 0.05) is 6.20 Å². The van der Waals surface area contributed by atoms with Gasteiger partial charge in [-0.3, -0.25) is 9.59 Å². The molecule has 0 bridgehead atoms.